The Morgan fingerprint density at radius 1 is 1.00 bits per heavy atom. The van der Waals surface area contributed by atoms with Crippen LogP contribution in [0.3, 0.4) is 0 Å². The van der Waals surface area contributed by atoms with Gasteiger partial charge in [-0.25, -0.2) is 4.98 Å². The minimum Gasteiger partial charge on any atom is -0.508 e. The van der Waals surface area contributed by atoms with Gasteiger partial charge in [0.1, 0.15) is 11.5 Å². The number of aromatic nitrogens is 2. The van der Waals surface area contributed by atoms with Crippen molar-refractivity contribution in [1.29, 1.82) is 0 Å². The average molecular weight is 268 g/mol. The molecule has 0 amide bonds. The molecule has 0 unspecified atom stereocenters. The van der Waals surface area contributed by atoms with Crippen LogP contribution in [0.15, 0.2) is 42.5 Å². The molecule has 0 aliphatic carbocycles. The summed E-state index contributed by atoms with van der Waals surface area (Å²) in [6.07, 6.45) is 0. The molecule has 0 saturated carbocycles. The van der Waals surface area contributed by atoms with E-state index in [0.717, 1.165) is 10.9 Å². The molecule has 2 N–H and O–H groups in total. The molecule has 5 heteroatoms. The number of para-hydroxylation sites is 1. The van der Waals surface area contributed by atoms with E-state index in [1.807, 2.05) is 24.3 Å². The molecule has 0 spiro atoms. The van der Waals surface area contributed by atoms with E-state index in [0.29, 0.717) is 17.3 Å². The van der Waals surface area contributed by atoms with Gasteiger partial charge in [0.15, 0.2) is 5.82 Å². The van der Waals surface area contributed by atoms with Crippen molar-refractivity contribution >= 4 is 10.9 Å². The third-order valence-corrected chi connectivity index (χ3v) is 2.98. The first-order valence-electron chi connectivity index (χ1n) is 6.02. The van der Waals surface area contributed by atoms with Crippen LogP contribution < -0.4 is 4.74 Å². The van der Waals surface area contributed by atoms with Crippen molar-refractivity contribution in [3.63, 3.8) is 0 Å². The van der Waals surface area contributed by atoms with Gasteiger partial charge in [-0.2, -0.15) is 4.98 Å². The van der Waals surface area contributed by atoms with Crippen LogP contribution in [0.1, 0.15) is 0 Å². The maximum atomic E-state index is 9.90. The Kier molecular flexibility index (Phi) is 2.87. The van der Waals surface area contributed by atoms with Gasteiger partial charge < -0.3 is 14.9 Å². The fraction of sp³-hybridized carbons (Fsp3) is 0.0667. The Hall–Kier alpha value is -2.82. The van der Waals surface area contributed by atoms with Gasteiger partial charge in [0.05, 0.1) is 23.6 Å². The first kappa shape index (κ1) is 12.2. The Balaban J connectivity index is 2.26. The van der Waals surface area contributed by atoms with Crippen molar-refractivity contribution in [3.8, 4) is 28.8 Å². The molecular weight excluding hydrogens is 256 g/mol. The first-order chi connectivity index (χ1) is 9.69. The Morgan fingerprint density at radius 2 is 1.80 bits per heavy atom. The lowest BCUT2D eigenvalue weighted by atomic mass is 10.1. The lowest BCUT2D eigenvalue weighted by molar-refractivity contribution is 0.403. The summed E-state index contributed by atoms with van der Waals surface area (Å²) in [5.41, 5.74) is 1.16. The summed E-state index contributed by atoms with van der Waals surface area (Å²) in [5, 5.41) is 20.0. The molecule has 0 bridgehead atoms. The molecule has 3 rings (SSSR count). The van der Waals surface area contributed by atoms with E-state index in [4.69, 9.17) is 4.74 Å². The number of phenolic OH excluding ortho intramolecular Hbond substituents is 2. The van der Waals surface area contributed by atoms with Crippen molar-refractivity contribution in [1.82, 2.24) is 9.97 Å². The van der Waals surface area contributed by atoms with Gasteiger partial charge in [-0.15, -0.1) is 0 Å². The molecule has 2 aromatic carbocycles. The Morgan fingerprint density at radius 3 is 2.55 bits per heavy atom. The van der Waals surface area contributed by atoms with E-state index < -0.39 is 0 Å². The van der Waals surface area contributed by atoms with Gasteiger partial charge in [0, 0.05) is 6.07 Å². The summed E-state index contributed by atoms with van der Waals surface area (Å²) in [4.78, 5) is 8.72. The smallest absolute Gasteiger partial charge is 0.224 e. The number of phenols is 2. The molecule has 0 aliphatic rings. The van der Waals surface area contributed by atoms with Crippen molar-refractivity contribution in [2.24, 2.45) is 0 Å². The van der Waals surface area contributed by atoms with Gasteiger partial charge in [-0.3, -0.25) is 0 Å². The summed E-state index contributed by atoms with van der Waals surface area (Å²) in [6.45, 7) is 0. The van der Waals surface area contributed by atoms with Crippen LogP contribution in [0.5, 0.6) is 17.4 Å². The lowest BCUT2D eigenvalue weighted by Gasteiger charge is -2.08. The molecule has 0 atom stereocenters. The monoisotopic (exact) mass is 268 g/mol. The average Bonchev–Trinajstić information content (AvgIpc) is 2.46. The normalized spacial score (nSPS) is 10.7. The van der Waals surface area contributed by atoms with Crippen LogP contribution in [0, 0.1) is 0 Å². The number of benzene rings is 2. The molecular formula is C15H12N2O3. The van der Waals surface area contributed by atoms with E-state index in [1.165, 1.54) is 19.2 Å². The van der Waals surface area contributed by atoms with Gasteiger partial charge in [-0.05, 0) is 24.3 Å². The highest BCUT2D eigenvalue weighted by atomic mass is 16.5. The summed E-state index contributed by atoms with van der Waals surface area (Å²) in [5.74, 6) is 0.692. The Labute approximate surface area is 115 Å². The summed E-state index contributed by atoms with van der Waals surface area (Å²) in [6, 6.07) is 11.8. The van der Waals surface area contributed by atoms with Crippen molar-refractivity contribution in [2.45, 2.75) is 0 Å². The number of fused-ring (bicyclic) bond motifs is 1. The van der Waals surface area contributed by atoms with Crippen LogP contribution in [0.25, 0.3) is 22.3 Å². The Bertz CT molecular complexity index is 787. The van der Waals surface area contributed by atoms with Crippen molar-refractivity contribution < 1.29 is 14.9 Å². The topological polar surface area (TPSA) is 75.5 Å². The maximum Gasteiger partial charge on any atom is 0.224 e. The molecule has 0 saturated heterocycles. The van der Waals surface area contributed by atoms with E-state index in [-0.39, 0.29) is 11.5 Å². The molecule has 1 aromatic heterocycles. The van der Waals surface area contributed by atoms with E-state index in [1.54, 1.807) is 6.07 Å². The van der Waals surface area contributed by atoms with E-state index in [2.05, 4.69) is 9.97 Å². The summed E-state index contributed by atoms with van der Waals surface area (Å²) in [7, 11) is 1.54. The molecule has 3 aromatic rings. The number of rotatable bonds is 2. The van der Waals surface area contributed by atoms with Crippen LogP contribution >= 0.6 is 0 Å². The van der Waals surface area contributed by atoms with Gasteiger partial charge >= 0.3 is 0 Å². The second-order valence-electron chi connectivity index (χ2n) is 4.28. The van der Waals surface area contributed by atoms with Crippen LogP contribution in [0.4, 0.5) is 0 Å². The molecule has 20 heavy (non-hydrogen) atoms. The zero-order chi connectivity index (χ0) is 14.1. The van der Waals surface area contributed by atoms with E-state index >= 15 is 0 Å². The van der Waals surface area contributed by atoms with Crippen LogP contribution in [-0.4, -0.2) is 27.3 Å². The number of hydrogen-bond acceptors (Lipinski definition) is 5. The number of aromatic hydroxyl groups is 2. The second-order valence-corrected chi connectivity index (χ2v) is 4.28. The van der Waals surface area contributed by atoms with Crippen LogP contribution in [0.2, 0.25) is 0 Å². The third kappa shape index (κ3) is 1.99. The summed E-state index contributed by atoms with van der Waals surface area (Å²) < 4.78 is 5.27. The number of nitrogens with zero attached hydrogens (tertiary/aromatic N) is 2. The van der Waals surface area contributed by atoms with Gasteiger partial charge in [0.2, 0.25) is 5.88 Å². The number of ether oxygens (including phenoxy) is 1. The highest BCUT2D eigenvalue weighted by Crippen LogP contribution is 2.32. The van der Waals surface area contributed by atoms with Gasteiger partial charge in [-0.1, -0.05) is 12.1 Å². The van der Waals surface area contributed by atoms with Crippen molar-refractivity contribution in [3.05, 3.63) is 42.5 Å². The highest BCUT2D eigenvalue weighted by Gasteiger charge is 2.12. The highest BCUT2D eigenvalue weighted by molar-refractivity contribution is 5.85. The fourth-order valence-corrected chi connectivity index (χ4v) is 2.03. The first-order valence-corrected chi connectivity index (χ1v) is 6.02. The largest absolute Gasteiger partial charge is 0.508 e. The number of hydrogen-bond donors (Lipinski definition) is 2. The minimum absolute atomic E-state index is 0.0148. The van der Waals surface area contributed by atoms with Crippen LogP contribution in [-0.2, 0) is 0 Å². The third-order valence-electron chi connectivity index (χ3n) is 2.98. The van der Waals surface area contributed by atoms with Crippen molar-refractivity contribution in [2.75, 3.05) is 7.11 Å². The SMILES string of the molecule is COc1nc(-c2ccc(O)cc2O)nc2ccccc12. The predicted molar refractivity (Wildman–Crippen MR) is 74.9 cm³/mol. The minimum atomic E-state index is -0.0812. The zero-order valence-electron chi connectivity index (χ0n) is 10.7. The molecule has 5 nitrogen and oxygen atoms in total. The predicted octanol–water partition coefficient (Wildman–Crippen LogP) is 2.72. The van der Waals surface area contributed by atoms with E-state index in [9.17, 15) is 10.2 Å². The summed E-state index contributed by atoms with van der Waals surface area (Å²) >= 11 is 0. The fourth-order valence-electron chi connectivity index (χ4n) is 2.03. The molecule has 100 valence electrons. The van der Waals surface area contributed by atoms with Gasteiger partial charge in [0.25, 0.3) is 0 Å². The maximum absolute atomic E-state index is 9.90. The quantitative estimate of drug-likeness (QED) is 0.747. The molecule has 1 heterocycles. The lowest BCUT2D eigenvalue weighted by Crippen LogP contribution is -1.96. The molecule has 0 aliphatic heterocycles. The zero-order valence-corrected chi connectivity index (χ0v) is 10.7. The molecule has 0 fully saturated rings. The number of methoxy groups -OCH3 is 1. The molecule has 0 radical (unpaired) electrons. The second kappa shape index (κ2) is 4.70. The standard InChI is InChI=1S/C15H12N2O3/c1-20-15-10-4-2-3-5-12(10)16-14(17-15)11-7-6-9(18)8-13(11)19/h2-8,18-19H,1H3.